The summed E-state index contributed by atoms with van der Waals surface area (Å²) >= 11 is 12.4. The Morgan fingerprint density at radius 3 is 1.58 bits per heavy atom. The monoisotopic (exact) mass is 1090 g/mol. The molecule has 0 fully saturated rings. The van der Waals surface area contributed by atoms with Gasteiger partial charge < -0.3 is 30.1 Å². The van der Waals surface area contributed by atoms with Crippen LogP contribution in [0, 0.1) is 13.8 Å². The zero-order valence-electron chi connectivity index (χ0n) is 38.7. The molecule has 4 N–H and O–H groups in total. The Morgan fingerprint density at radius 2 is 1.04 bits per heavy atom. The quantitative estimate of drug-likeness (QED) is 0.0292. The SMILES string of the molecule is COc1ccccc1N=C([O-])c1cc2ccccc2c(N=Nc2c(Cl)ccc(S(=O)(=O)O)c2C)c1[O-].COc1ccccc1NC(=O)c1cc2ccccc2c(N=Nc2c(Cl)ccc(S(=O)(=O)O)c2C)c1O.[Ca+2]. The van der Waals surface area contributed by atoms with Gasteiger partial charge in [0.1, 0.15) is 34.2 Å². The second-order valence-corrected chi connectivity index (χ2v) is 18.9. The van der Waals surface area contributed by atoms with Crippen LogP contribution in [0.2, 0.25) is 10.0 Å². The summed E-state index contributed by atoms with van der Waals surface area (Å²) in [4.78, 5) is 16.4. The van der Waals surface area contributed by atoms with Crippen LogP contribution >= 0.6 is 23.2 Å². The number of anilines is 1. The van der Waals surface area contributed by atoms with Crippen molar-refractivity contribution >= 4 is 149 Å². The molecule has 23 heteroatoms. The fourth-order valence-corrected chi connectivity index (χ4v) is 9.22. The number of benzene rings is 8. The molecule has 0 aliphatic rings. The van der Waals surface area contributed by atoms with Gasteiger partial charge in [0, 0.05) is 10.8 Å². The van der Waals surface area contributed by atoms with E-state index in [0.29, 0.717) is 38.7 Å². The molecule has 0 radical (unpaired) electrons. The molecule has 0 heterocycles. The number of methoxy groups -OCH3 is 2. The van der Waals surface area contributed by atoms with Crippen LogP contribution in [0.3, 0.4) is 0 Å². The maximum Gasteiger partial charge on any atom is 2.00 e. The molecule has 0 bridgehead atoms. The van der Waals surface area contributed by atoms with E-state index in [-0.39, 0.29) is 103 Å². The topological polar surface area (TPSA) is 284 Å². The van der Waals surface area contributed by atoms with E-state index in [4.69, 9.17) is 32.7 Å². The zero-order valence-corrected chi connectivity index (χ0v) is 44.1. The van der Waals surface area contributed by atoms with Gasteiger partial charge >= 0.3 is 37.7 Å². The predicted octanol–water partition coefficient (Wildman–Crippen LogP) is 11.0. The summed E-state index contributed by atoms with van der Waals surface area (Å²) in [7, 11) is -6.15. The molecule has 0 aliphatic heterocycles. The summed E-state index contributed by atoms with van der Waals surface area (Å²) in [5, 5.41) is 58.6. The van der Waals surface area contributed by atoms with E-state index in [1.54, 1.807) is 97.1 Å². The Labute approximate surface area is 457 Å². The van der Waals surface area contributed by atoms with E-state index >= 15 is 0 Å². The number of ether oxygens (including phenoxy) is 2. The Morgan fingerprint density at radius 1 is 0.603 bits per heavy atom. The van der Waals surface area contributed by atoms with E-state index in [1.807, 2.05) is 0 Å². The van der Waals surface area contributed by atoms with Crippen LogP contribution in [0.15, 0.2) is 169 Å². The molecular weight excluding hydrogens is 1050 g/mol. The normalized spacial score (nSPS) is 11.9. The third kappa shape index (κ3) is 12.4. The van der Waals surface area contributed by atoms with Crippen molar-refractivity contribution in [1.82, 2.24) is 0 Å². The number of hydrogen-bond acceptors (Lipinski definition) is 15. The number of nitrogens with zero attached hydrogens (tertiary/aromatic N) is 5. The van der Waals surface area contributed by atoms with Crippen molar-refractivity contribution in [3.63, 3.8) is 0 Å². The van der Waals surface area contributed by atoms with E-state index in [0.717, 1.165) is 12.1 Å². The number of fused-ring (bicyclic) bond motifs is 2. The van der Waals surface area contributed by atoms with Gasteiger partial charge in [0.15, 0.2) is 5.75 Å². The molecule has 0 aromatic heterocycles. The molecule has 1 amide bonds. The second kappa shape index (κ2) is 23.4. The summed E-state index contributed by atoms with van der Waals surface area (Å²) < 4.78 is 76.1. The van der Waals surface area contributed by atoms with Gasteiger partial charge in [-0.15, -0.1) is 15.3 Å². The third-order valence-corrected chi connectivity index (χ3v) is 13.4. The number of carbonyl (C=O) groups is 1. The van der Waals surface area contributed by atoms with Gasteiger partial charge in [0.25, 0.3) is 26.1 Å². The van der Waals surface area contributed by atoms with Gasteiger partial charge in [-0.3, -0.25) is 18.9 Å². The number of phenols is 1. The van der Waals surface area contributed by atoms with Gasteiger partial charge in [0.2, 0.25) is 0 Å². The zero-order chi connectivity index (χ0) is 52.1. The fourth-order valence-electron chi connectivity index (χ4n) is 7.29. The molecule has 8 aromatic rings. The van der Waals surface area contributed by atoms with Crippen LogP contribution < -0.4 is 25.0 Å². The second-order valence-electron chi connectivity index (χ2n) is 15.3. The largest absolute Gasteiger partial charge is 2.00 e. The van der Waals surface area contributed by atoms with Crippen molar-refractivity contribution in [2.75, 3.05) is 19.5 Å². The minimum absolute atomic E-state index is 0. The maximum absolute atomic E-state index is 13.4. The summed E-state index contributed by atoms with van der Waals surface area (Å²) in [6.45, 7) is 2.81. The number of nitrogens with one attached hydrogen (secondary N) is 1. The summed E-state index contributed by atoms with van der Waals surface area (Å²) in [5.41, 5.74) is 0.239. The molecule has 0 spiro atoms. The number of phenolic OH excluding ortho intramolecular Hbond substituents is 1. The molecule has 8 aromatic carbocycles. The van der Waals surface area contributed by atoms with E-state index in [9.17, 15) is 46.1 Å². The van der Waals surface area contributed by atoms with E-state index in [1.165, 1.54) is 52.3 Å². The van der Waals surface area contributed by atoms with Crippen LogP contribution in [-0.2, 0) is 20.2 Å². The van der Waals surface area contributed by atoms with Gasteiger partial charge in [-0.05, 0) is 108 Å². The van der Waals surface area contributed by atoms with E-state index < -0.39 is 48.4 Å². The Hall–Kier alpha value is -6.72. The number of hydrogen-bond donors (Lipinski definition) is 4. The molecule has 0 unspecified atom stereocenters. The first-order valence-electron chi connectivity index (χ1n) is 20.9. The van der Waals surface area contributed by atoms with Gasteiger partial charge in [-0.2, -0.15) is 21.9 Å². The van der Waals surface area contributed by atoms with Crippen LogP contribution in [0.1, 0.15) is 27.0 Å². The number of azo groups is 2. The van der Waals surface area contributed by atoms with Gasteiger partial charge in [0.05, 0.1) is 51.0 Å². The number of amides is 1. The third-order valence-electron chi connectivity index (χ3n) is 10.8. The fraction of sp³-hybridized carbons (Fsp3) is 0.0800. The molecule has 0 atom stereocenters. The number of carbonyl (C=O) groups excluding carboxylic acids is 1. The van der Waals surface area contributed by atoms with Gasteiger partial charge in [-0.1, -0.05) is 102 Å². The van der Waals surface area contributed by atoms with Crippen LogP contribution in [0.25, 0.3) is 21.5 Å². The summed E-state index contributed by atoms with van der Waals surface area (Å²) in [5.74, 6) is -1.76. The smallest absolute Gasteiger partial charge is 0.871 e. The average Bonchev–Trinajstić information content (AvgIpc) is 3.34. The average molecular weight is 1090 g/mol. The summed E-state index contributed by atoms with van der Waals surface area (Å²) in [6, 6.07) is 34.9. The molecule has 0 saturated heterocycles. The van der Waals surface area contributed by atoms with Crippen molar-refractivity contribution in [2.24, 2.45) is 25.4 Å². The van der Waals surface area contributed by atoms with Crippen LogP contribution in [0.5, 0.6) is 23.0 Å². The first kappa shape index (κ1) is 55.6. The maximum atomic E-state index is 13.4. The molecule has 18 nitrogen and oxygen atoms in total. The van der Waals surface area contributed by atoms with Gasteiger partial charge in [-0.25, -0.2) is 0 Å². The van der Waals surface area contributed by atoms with Crippen molar-refractivity contribution in [3.8, 4) is 23.0 Å². The molecule has 0 saturated carbocycles. The molecule has 0 aliphatic carbocycles. The predicted molar refractivity (Wildman–Crippen MR) is 275 cm³/mol. The standard InChI is InChI=1S/2C25H20ClN3O6S.Ca/c2*1-14-21(36(32,33)34)12-11-18(26)22(14)28-29-23-16-8-4-3-7-15(16)13-17(24(23)30)25(31)27-19-9-5-6-10-20(19)35-2;/h2*3-13,30H,1-2H3,(H,27,31)(H,32,33,34);/q;;+2/p-2. The van der Waals surface area contributed by atoms with Crippen LogP contribution in [0.4, 0.5) is 34.1 Å². The molecule has 73 heavy (non-hydrogen) atoms. The number of rotatable bonds is 12. The molecule has 8 rings (SSSR count). The summed E-state index contributed by atoms with van der Waals surface area (Å²) in [6.07, 6.45) is 0. The number of aliphatic imine (C=N–C) groups is 1. The molecule has 368 valence electrons. The first-order valence-corrected chi connectivity index (χ1v) is 24.5. The van der Waals surface area contributed by atoms with Crippen molar-refractivity contribution < 1.29 is 55.5 Å². The Kier molecular flexibility index (Phi) is 17.8. The van der Waals surface area contributed by atoms with Crippen LogP contribution in [-0.4, -0.2) is 94.8 Å². The Bertz CT molecular complexity index is 3790. The minimum atomic E-state index is -4.54. The van der Waals surface area contributed by atoms with Crippen molar-refractivity contribution in [3.05, 3.63) is 166 Å². The minimum Gasteiger partial charge on any atom is -0.871 e. The number of halogens is 2. The Balaban J connectivity index is 0.000000235. The molecular formula is C50H38CaCl2N6O12S2. The van der Waals surface area contributed by atoms with E-state index in [2.05, 4.69) is 30.8 Å². The van der Waals surface area contributed by atoms with Crippen molar-refractivity contribution in [1.29, 1.82) is 0 Å². The number of aromatic hydroxyl groups is 1. The number of para-hydroxylation sites is 4. The first-order chi connectivity index (χ1) is 34.2. The van der Waals surface area contributed by atoms with Crippen molar-refractivity contribution in [2.45, 2.75) is 23.6 Å².